The molecule has 0 fully saturated rings. The molecule has 21 heavy (non-hydrogen) atoms. The van der Waals surface area contributed by atoms with E-state index in [2.05, 4.69) is 6.92 Å². The fraction of sp³-hybridized carbons (Fsp3) is 0.750. The van der Waals surface area contributed by atoms with E-state index >= 15 is 0 Å². The molecule has 0 aromatic rings. The first-order valence-corrected chi connectivity index (χ1v) is 7.71. The second-order valence-electron chi connectivity index (χ2n) is 5.00. The van der Waals surface area contributed by atoms with Crippen molar-refractivity contribution in [3.05, 3.63) is 12.3 Å². The van der Waals surface area contributed by atoms with Crippen LogP contribution in [0.25, 0.3) is 0 Å². The Morgan fingerprint density at radius 1 is 0.952 bits per heavy atom. The number of carboxylic acid groups (broad SMARTS) is 1. The number of carbonyl (C=O) groups is 2. The van der Waals surface area contributed by atoms with Crippen LogP contribution in [0, 0.1) is 0 Å². The molecule has 0 aliphatic heterocycles. The van der Waals surface area contributed by atoms with Crippen molar-refractivity contribution >= 4 is 11.9 Å². The normalized spacial score (nSPS) is 10.3. The quantitative estimate of drug-likeness (QED) is 0.223. The molecule has 0 bridgehead atoms. The van der Waals surface area contributed by atoms with Gasteiger partial charge in [0.05, 0.1) is 12.7 Å². The Bertz CT molecular complexity index is 290. The zero-order chi connectivity index (χ0) is 15.1. The molecule has 0 aromatic carbocycles. The molecule has 0 amide bonds. The number of aliphatic carboxylic acids is 1. The molecule has 0 N–H and O–H groups in total. The molecule has 0 spiro atoms. The number of esters is 1. The van der Waals surface area contributed by atoms with E-state index in [1.165, 1.54) is 51.2 Å². The van der Waals surface area contributed by atoms with Gasteiger partial charge in [-0.3, -0.25) is 4.79 Å². The summed E-state index contributed by atoms with van der Waals surface area (Å²) in [6.07, 6.45) is 13.8. The molecule has 124 valence electrons. The molecule has 0 unspecified atom stereocenters. The first-order valence-electron chi connectivity index (χ1n) is 7.71. The van der Waals surface area contributed by atoms with Crippen molar-refractivity contribution < 1.29 is 35.9 Å². The van der Waals surface area contributed by atoms with E-state index in [9.17, 15) is 14.7 Å². The summed E-state index contributed by atoms with van der Waals surface area (Å²) in [5, 5.41) is 10.1. The smallest absolute Gasteiger partial charge is 0.550 e. The molecule has 0 aliphatic carbocycles. The van der Waals surface area contributed by atoms with Crippen LogP contribution in [0.4, 0.5) is 0 Å². The van der Waals surface area contributed by atoms with Crippen LogP contribution in [0.2, 0.25) is 0 Å². The van der Waals surface area contributed by atoms with Crippen molar-refractivity contribution in [1.82, 2.24) is 0 Å². The molecule has 0 saturated heterocycles. The molecule has 0 atom stereocenters. The Morgan fingerprint density at radius 2 is 1.52 bits per heavy atom. The minimum Gasteiger partial charge on any atom is -0.550 e. The third kappa shape index (κ3) is 19.2. The summed E-state index contributed by atoms with van der Waals surface area (Å²) in [5.41, 5.74) is 0. The number of ether oxygens (including phenoxy) is 1. The van der Waals surface area contributed by atoms with E-state index in [0.717, 1.165) is 12.8 Å². The summed E-state index contributed by atoms with van der Waals surface area (Å²) in [6, 6.07) is 0. The summed E-state index contributed by atoms with van der Waals surface area (Å²) in [5.74, 6) is -1.76. The number of hydrogen-bond acceptors (Lipinski definition) is 4. The van der Waals surface area contributed by atoms with E-state index < -0.39 is 11.9 Å². The van der Waals surface area contributed by atoms with Gasteiger partial charge in [-0.2, -0.15) is 0 Å². The maximum atomic E-state index is 11.0. The van der Waals surface area contributed by atoms with Crippen molar-refractivity contribution in [1.29, 1.82) is 0 Å². The van der Waals surface area contributed by atoms with Gasteiger partial charge in [0, 0.05) is 5.97 Å². The van der Waals surface area contributed by atoms with Gasteiger partial charge in [-0.1, -0.05) is 51.9 Å². The second-order valence-corrected chi connectivity index (χ2v) is 5.00. The third-order valence-electron chi connectivity index (χ3n) is 3.05. The molecule has 5 heteroatoms. The molecule has 0 heterocycles. The summed E-state index contributed by atoms with van der Waals surface area (Å²) in [4.78, 5) is 21.2. The Kier molecular flexibility index (Phi) is 18.4. The first kappa shape index (κ1) is 22.5. The summed E-state index contributed by atoms with van der Waals surface area (Å²) in [7, 11) is 0. The maximum absolute atomic E-state index is 11.0. The fourth-order valence-corrected chi connectivity index (χ4v) is 1.85. The van der Waals surface area contributed by atoms with Crippen LogP contribution in [0.15, 0.2) is 12.3 Å². The van der Waals surface area contributed by atoms with Gasteiger partial charge in [0.15, 0.2) is 0 Å². The molecule has 0 saturated carbocycles. The molecule has 4 nitrogen and oxygen atoms in total. The minimum atomic E-state index is -1.23. The van der Waals surface area contributed by atoms with Crippen molar-refractivity contribution in [2.24, 2.45) is 0 Å². The van der Waals surface area contributed by atoms with Gasteiger partial charge >= 0.3 is 22.5 Å². The van der Waals surface area contributed by atoms with E-state index in [4.69, 9.17) is 4.74 Å². The predicted octanol–water partition coefficient (Wildman–Crippen LogP) is 3.10. The van der Waals surface area contributed by atoms with Crippen molar-refractivity contribution in [3.63, 3.8) is 0 Å². The summed E-state index contributed by atoms with van der Waals surface area (Å²) >= 11 is 0. The van der Waals surface area contributed by atoms with Gasteiger partial charge < -0.3 is 14.6 Å². The fourth-order valence-electron chi connectivity index (χ4n) is 1.85. The number of carbonyl (C=O) groups excluding carboxylic acids is 2. The van der Waals surface area contributed by atoms with Crippen LogP contribution in [0.3, 0.4) is 0 Å². The van der Waals surface area contributed by atoms with Crippen molar-refractivity contribution in [3.8, 4) is 0 Å². The Labute approximate surface area is 138 Å². The van der Waals surface area contributed by atoms with Crippen LogP contribution < -0.4 is 5.11 Å². The Hall–Kier alpha value is -0.826. The Morgan fingerprint density at radius 3 is 2.10 bits per heavy atom. The van der Waals surface area contributed by atoms with Gasteiger partial charge in [0.1, 0.15) is 0 Å². The second kappa shape index (κ2) is 17.2. The number of rotatable bonds is 13. The molecule has 0 aliphatic rings. The van der Waals surface area contributed by atoms with Crippen molar-refractivity contribution in [2.75, 3.05) is 0 Å². The van der Waals surface area contributed by atoms with Crippen LogP contribution in [-0.2, 0) is 30.8 Å². The average Bonchev–Trinajstić information content (AvgIpc) is 2.42. The molecular weight excluding hydrogens is 315 g/mol. The SMILES string of the molecule is CCCCCCCCCC/C=C/OC(=O)CCC(=O)[O-].[Ni+2]. The zero-order valence-electron chi connectivity index (χ0n) is 12.9. The maximum Gasteiger partial charge on any atom is 2.00 e. The molecular formula is C16H27NiO4+. The molecule has 0 rings (SSSR count). The van der Waals surface area contributed by atoms with Crippen molar-refractivity contribution in [2.45, 2.75) is 77.6 Å². The number of carboxylic acids is 1. The predicted molar refractivity (Wildman–Crippen MR) is 76.7 cm³/mol. The minimum absolute atomic E-state index is 0. The first-order chi connectivity index (χ1) is 9.66. The van der Waals surface area contributed by atoms with Crippen LogP contribution in [0.5, 0.6) is 0 Å². The monoisotopic (exact) mass is 341 g/mol. The van der Waals surface area contributed by atoms with E-state index in [-0.39, 0.29) is 29.3 Å². The average molecular weight is 342 g/mol. The molecule has 0 radical (unpaired) electrons. The van der Waals surface area contributed by atoms with Gasteiger partial charge in [-0.15, -0.1) is 0 Å². The van der Waals surface area contributed by atoms with Gasteiger partial charge in [-0.05, 0) is 25.3 Å². The van der Waals surface area contributed by atoms with E-state index in [1.54, 1.807) is 0 Å². The topological polar surface area (TPSA) is 66.4 Å². The third-order valence-corrected chi connectivity index (χ3v) is 3.05. The number of hydrogen-bond donors (Lipinski definition) is 0. The molecule has 0 aromatic heterocycles. The van der Waals surface area contributed by atoms with Crippen LogP contribution >= 0.6 is 0 Å². The van der Waals surface area contributed by atoms with E-state index in [0.29, 0.717) is 0 Å². The Balaban J connectivity index is 0. The van der Waals surface area contributed by atoms with E-state index in [1.807, 2.05) is 6.08 Å². The number of unbranched alkanes of at least 4 members (excludes halogenated alkanes) is 8. The van der Waals surface area contributed by atoms with Gasteiger partial charge in [0.25, 0.3) is 0 Å². The van der Waals surface area contributed by atoms with Gasteiger partial charge in [0.2, 0.25) is 0 Å². The van der Waals surface area contributed by atoms with Crippen LogP contribution in [-0.4, -0.2) is 11.9 Å². The largest absolute Gasteiger partial charge is 2.00 e. The van der Waals surface area contributed by atoms with Crippen LogP contribution in [0.1, 0.15) is 77.6 Å². The standard InChI is InChI=1S/C16H28O4.Ni/c1-2-3-4-5-6-7-8-9-10-11-14-20-16(19)13-12-15(17)18;/h11,14H,2-10,12-13H2,1H3,(H,17,18);/q;+2/p-1/b14-11+;. The zero-order valence-corrected chi connectivity index (χ0v) is 13.9. The summed E-state index contributed by atoms with van der Waals surface area (Å²) in [6.45, 7) is 2.22. The number of allylic oxidation sites excluding steroid dienone is 1. The van der Waals surface area contributed by atoms with Gasteiger partial charge in [-0.25, -0.2) is 0 Å². The summed E-state index contributed by atoms with van der Waals surface area (Å²) < 4.78 is 4.75.